The minimum atomic E-state index is -0.156. The zero-order valence-electron chi connectivity index (χ0n) is 14.3. The lowest BCUT2D eigenvalue weighted by Gasteiger charge is -2.07. The second-order valence-corrected chi connectivity index (χ2v) is 5.70. The number of fused-ring (bicyclic) bond motifs is 1. The minimum absolute atomic E-state index is 0.156. The molecule has 0 radical (unpaired) electrons. The molecule has 0 saturated carbocycles. The zero-order valence-corrected chi connectivity index (χ0v) is 14.3. The number of aryl methyl sites for hydroxylation is 1. The molecule has 2 N–H and O–H groups in total. The van der Waals surface area contributed by atoms with Gasteiger partial charge in [0.2, 0.25) is 0 Å². The van der Waals surface area contributed by atoms with E-state index in [0.29, 0.717) is 36.5 Å². The van der Waals surface area contributed by atoms with Gasteiger partial charge < -0.3 is 15.2 Å². The van der Waals surface area contributed by atoms with Crippen molar-refractivity contribution in [2.45, 2.75) is 19.8 Å². The first kappa shape index (κ1) is 16.8. The number of aromatic hydroxyl groups is 1. The monoisotopic (exact) mass is 339 g/mol. The lowest BCUT2D eigenvalue weighted by Crippen LogP contribution is -2.27. The van der Waals surface area contributed by atoms with E-state index in [1.165, 1.54) is 0 Å². The Morgan fingerprint density at radius 3 is 2.72 bits per heavy atom. The molecule has 0 spiro atoms. The van der Waals surface area contributed by atoms with Gasteiger partial charge in [-0.3, -0.25) is 9.20 Å². The number of phenolic OH excluding ortho intramolecular Hbond substituents is 1. The van der Waals surface area contributed by atoms with Crippen molar-refractivity contribution in [1.82, 2.24) is 14.7 Å². The van der Waals surface area contributed by atoms with Crippen LogP contribution in [-0.4, -0.2) is 34.1 Å². The van der Waals surface area contributed by atoms with Crippen LogP contribution < -0.4 is 10.1 Å². The third-order valence-electron chi connectivity index (χ3n) is 4.09. The number of hydrogen-bond acceptors (Lipinski definition) is 4. The summed E-state index contributed by atoms with van der Waals surface area (Å²) in [4.78, 5) is 17.2. The third-order valence-corrected chi connectivity index (χ3v) is 4.09. The zero-order chi connectivity index (χ0) is 17.8. The number of nitrogens with zero attached hydrogens (tertiary/aromatic N) is 2. The highest BCUT2D eigenvalue weighted by molar-refractivity contribution is 5.95. The molecule has 6 heteroatoms. The van der Waals surface area contributed by atoms with E-state index in [9.17, 15) is 9.90 Å². The van der Waals surface area contributed by atoms with E-state index in [2.05, 4.69) is 10.3 Å². The van der Waals surface area contributed by atoms with E-state index >= 15 is 0 Å². The van der Waals surface area contributed by atoms with E-state index in [0.717, 1.165) is 11.3 Å². The van der Waals surface area contributed by atoms with Gasteiger partial charge in [0.05, 0.1) is 12.8 Å². The number of carbonyl (C=O) groups excluding carboxylic acids is 1. The molecule has 0 aliphatic rings. The Bertz CT molecular complexity index is 885. The number of methoxy groups -OCH3 is 1. The van der Waals surface area contributed by atoms with Crippen LogP contribution in [0.15, 0.2) is 42.6 Å². The fourth-order valence-corrected chi connectivity index (χ4v) is 2.80. The van der Waals surface area contributed by atoms with Crippen molar-refractivity contribution < 1.29 is 14.6 Å². The van der Waals surface area contributed by atoms with Gasteiger partial charge in [0.1, 0.15) is 11.4 Å². The van der Waals surface area contributed by atoms with Gasteiger partial charge >= 0.3 is 0 Å². The molecule has 6 nitrogen and oxygen atoms in total. The second-order valence-electron chi connectivity index (χ2n) is 5.70. The average molecular weight is 339 g/mol. The summed E-state index contributed by atoms with van der Waals surface area (Å²) < 4.78 is 7.10. The molecule has 1 aromatic carbocycles. The molecule has 1 amide bonds. The molecule has 0 atom stereocenters. The molecule has 0 fully saturated rings. The number of rotatable bonds is 6. The maximum atomic E-state index is 12.7. The highest BCUT2D eigenvalue weighted by atomic mass is 16.5. The van der Waals surface area contributed by atoms with Crippen molar-refractivity contribution >= 4 is 11.6 Å². The number of pyridine rings is 1. The Kier molecular flexibility index (Phi) is 4.88. The van der Waals surface area contributed by atoms with Crippen LogP contribution in [0.2, 0.25) is 0 Å². The fraction of sp³-hybridized carbons (Fsp3) is 0.263. The third kappa shape index (κ3) is 3.42. The molecule has 0 bridgehead atoms. The van der Waals surface area contributed by atoms with Gasteiger partial charge in [-0.15, -0.1) is 0 Å². The molecule has 0 saturated heterocycles. The highest BCUT2D eigenvalue weighted by Crippen LogP contribution is 2.22. The molecule has 0 unspecified atom stereocenters. The van der Waals surface area contributed by atoms with Gasteiger partial charge in [-0.2, -0.15) is 0 Å². The Morgan fingerprint density at radius 1 is 1.28 bits per heavy atom. The lowest BCUT2D eigenvalue weighted by atomic mass is 10.1. The lowest BCUT2D eigenvalue weighted by molar-refractivity contribution is 0.0947. The van der Waals surface area contributed by atoms with Crippen LogP contribution in [0.4, 0.5) is 0 Å². The summed E-state index contributed by atoms with van der Waals surface area (Å²) >= 11 is 0. The standard InChI is InChI=1S/C19H21N3O3/c1-3-15-17(22-12-4-5-16(25-2)18(22)21-15)19(24)20-11-10-13-6-8-14(23)9-7-13/h4-9,12,23H,3,10-11H2,1-2H3,(H,20,24). The number of amides is 1. The predicted molar refractivity (Wildman–Crippen MR) is 95.3 cm³/mol. The number of nitrogens with one attached hydrogen (secondary N) is 1. The van der Waals surface area contributed by atoms with Gasteiger partial charge in [0, 0.05) is 12.7 Å². The molecule has 0 aliphatic carbocycles. The summed E-state index contributed by atoms with van der Waals surface area (Å²) in [6, 6.07) is 10.6. The van der Waals surface area contributed by atoms with Gasteiger partial charge in [0.25, 0.3) is 5.91 Å². The van der Waals surface area contributed by atoms with Crippen molar-refractivity contribution in [3.8, 4) is 11.5 Å². The van der Waals surface area contributed by atoms with Crippen molar-refractivity contribution in [2.24, 2.45) is 0 Å². The van der Waals surface area contributed by atoms with E-state index < -0.39 is 0 Å². The molecule has 2 heterocycles. The van der Waals surface area contributed by atoms with Crippen LogP contribution in [0.1, 0.15) is 28.7 Å². The summed E-state index contributed by atoms with van der Waals surface area (Å²) in [7, 11) is 1.59. The Balaban J connectivity index is 1.78. The Morgan fingerprint density at radius 2 is 2.04 bits per heavy atom. The average Bonchev–Trinajstić information content (AvgIpc) is 3.02. The fourth-order valence-electron chi connectivity index (χ4n) is 2.80. The summed E-state index contributed by atoms with van der Waals surface area (Å²) in [5, 5.41) is 12.3. The van der Waals surface area contributed by atoms with Crippen LogP contribution in [0.25, 0.3) is 5.65 Å². The van der Waals surface area contributed by atoms with Crippen molar-refractivity contribution in [3.05, 3.63) is 59.5 Å². The molecule has 3 aromatic rings. The Hall–Kier alpha value is -3.02. The first-order chi connectivity index (χ1) is 12.1. The number of aromatic nitrogens is 2. The molecular formula is C19H21N3O3. The van der Waals surface area contributed by atoms with Crippen molar-refractivity contribution in [1.29, 1.82) is 0 Å². The summed E-state index contributed by atoms with van der Waals surface area (Å²) in [5.41, 5.74) is 2.98. The molecule has 25 heavy (non-hydrogen) atoms. The number of phenols is 1. The predicted octanol–water partition coefficient (Wildman–Crippen LogP) is 2.58. The first-order valence-electron chi connectivity index (χ1n) is 8.24. The van der Waals surface area contributed by atoms with Crippen LogP contribution in [0, 0.1) is 0 Å². The van der Waals surface area contributed by atoms with E-state index in [-0.39, 0.29) is 11.7 Å². The van der Waals surface area contributed by atoms with Crippen molar-refractivity contribution in [2.75, 3.05) is 13.7 Å². The van der Waals surface area contributed by atoms with Gasteiger partial charge in [-0.05, 0) is 42.7 Å². The van der Waals surface area contributed by atoms with E-state index in [1.807, 2.05) is 37.4 Å². The molecule has 130 valence electrons. The van der Waals surface area contributed by atoms with Crippen LogP contribution >= 0.6 is 0 Å². The van der Waals surface area contributed by atoms with Crippen LogP contribution in [0.3, 0.4) is 0 Å². The molecule has 2 aromatic heterocycles. The minimum Gasteiger partial charge on any atom is -0.508 e. The summed E-state index contributed by atoms with van der Waals surface area (Å²) in [6.45, 7) is 2.48. The second kappa shape index (κ2) is 7.25. The number of imidazole rings is 1. The highest BCUT2D eigenvalue weighted by Gasteiger charge is 2.19. The SMILES string of the molecule is CCc1nc2c(OC)cccn2c1C(=O)NCCc1ccc(O)cc1. The quantitative estimate of drug-likeness (QED) is 0.724. The number of carbonyl (C=O) groups is 1. The van der Waals surface area contributed by atoms with Gasteiger partial charge in [-0.1, -0.05) is 19.1 Å². The molecular weight excluding hydrogens is 318 g/mol. The van der Waals surface area contributed by atoms with Crippen LogP contribution in [0.5, 0.6) is 11.5 Å². The number of hydrogen-bond donors (Lipinski definition) is 2. The van der Waals surface area contributed by atoms with Gasteiger partial charge in [0.15, 0.2) is 11.4 Å². The maximum Gasteiger partial charge on any atom is 0.270 e. The summed E-state index contributed by atoms with van der Waals surface area (Å²) in [5.74, 6) is 0.719. The van der Waals surface area contributed by atoms with E-state index in [4.69, 9.17) is 4.74 Å². The van der Waals surface area contributed by atoms with Gasteiger partial charge in [-0.25, -0.2) is 4.98 Å². The molecule has 3 rings (SSSR count). The Labute approximate surface area is 146 Å². The summed E-state index contributed by atoms with van der Waals surface area (Å²) in [6.07, 6.45) is 3.16. The number of benzene rings is 1. The van der Waals surface area contributed by atoms with E-state index in [1.54, 1.807) is 23.6 Å². The smallest absolute Gasteiger partial charge is 0.270 e. The first-order valence-corrected chi connectivity index (χ1v) is 8.24. The normalized spacial score (nSPS) is 10.8. The van der Waals surface area contributed by atoms with Crippen LogP contribution in [-0.2, 0) is 12.8 Å². The maximum absolute atomic E-state index is 12.7. The van der Waals surface area contributed by atoms with Crippen molar-refractivity contribution in [3.63, 3.8) is 0 Å². The molecule has 0 aliphatic heterocycles. The largest absolute Gasteiger partial charge is 0.508 e. The number of ether oxygens (including phenoxy) is 1. The topological polar surface area (TPSA) is 75.9 Å².